The van der Waals surface area contributed by atoms with Crippen LogP contribution in [0.15, 0.2) is 83.5 Å². The number of benzene rings is 2. The molecular weight excluding hydrogens is 476 g/mol. The van der Waals surface area contributed by atoms with E-state index in [1.54, 1.807) is 11.3 Å². The summed E-state index contributed by atoms with van der Waals surface area (Å²) in [7, 11) is 0. The fraction of sp³-hybridized carbons (Fsp3) is 0.222. The van der Waals surface area contributed by atoms with Crippen molar-refractivity contribution in [2.45, 2.75) is 35.9 Å². The number of thiophene rings is 1. The van der Waals surface area contributed by atoms with E-state index in [2.05, 4.69) is 25.8 Å². The summed E-state index contributed by atoms with van der Waals surface area (Å²) in [6, 6.07) is 21.9. The maximum atomic E-state index is 14.0. The quantitative estimate of drug-likeness (QED) is 0.198. The Morgan fingerprint density at radius 1 is 1.11 bits per heavy atom. The van der Waals surface area contributed by atoms with Crippen LogP contribution >= 0.6 is 23.1 Å². The number of aromatic amines is 1. The molecule has 0 saturated carbocycles. The SMILES string of the molecule is O=C(c1c[nH]c2ccccc12)[C@@H](Sc1nnc(-c2cccs2)n1C[C@@H]1CCCO1)c1ccccc1. The lowest BCUT2D eigenvalue weighted by molar-refractivity contribution is 0.0953. The third-order valence-corrected chi connectivity index (χ3v) is 8.39. The number of hydrogen-bond acceptors (Lipinski definition) is 6. The van der Waals surface area contributed by atoms with E-state index in [0.29, 0.717) is 12.1 Å². The van der Waals surface area contributed by atoms with Gasteiger partial charge in [0.1, 0.15) is 5.25 Å². The van der Waals surface area contributed by atoms with E-state index in [1.165, 1.54) is 11.8 Å². The highest BCUT2D eigenvalue weighted by molar-refractivity contribution is 8.00. The lowest BCUT2D eigenvalue weighted by Crippen LogP contribution is -2.17. The largest absolute Gasteiger partial charge is 0.376 e. The summed E-state index contributed by atoms with van der Waals surface area (Å²) in [5, 5.41) is 12.4. The average Bonchev–Trinajstić information content (AvgIpc) is 3.71. The van der Waals surface area contributed by atoms with Gasteiger partial charge < -0.3 is 9.72 Å². The smallest absolute Gasteiger partial charge is 0.192 e. The number of Topliss-reactive ketones (excluding diaryl/α,β-unsaturated/α-hetero) is 1. The fourth-order valence-electron chi connectivity index (χ4n) is 4.54. The molecule has 1 fully saturated rings. The van der Waals surface area contributed by atoms with Crippen molar-refractivity contribution in [3.8, 4) is 10.7 Å². The molecule has 0 aliphatic carbocycles. The Bertz CT molecular complexity index is 1440. The molecule has 0 amide bonds. The fourth-order valence-corrected chi connectivity index (χ4v) is 6.37. The highest BCUT2D eigenvalue weighted by Gasteiger charge is 2.29. The second kappa shape index (κ2) is 9.81. The number of nitrogens with one attached hydrogen (secondary N) is 1. The molecule has 6 rings (SSSR count). The number of ketones is 1. The summed E-state index contributed by atoms with van der Waals surface area (Å²) in [4.78, 5) is 18.3. The second-order valence-electron chi connectivity index (χ2n) is 8.55. The van der Waals surface area contributed by atoms with Crippen LogP contribution in [-0.2, 0) is 11.3 Å². The zero-order chi connectivity index (χ0) is 23.6. The summed E-state index contributed by atoms with van der Waals surface area (Å²) in [6.45, 7) is 1.46. The number of aromatic nitrogens is 4. The van der Waals surface area contributed by atoms with Crippen LogP contribution in [0, 0.1) is 0 Å². The summed E-state index contributed by atoms with van der Waals surface area (Å²) in [5.41, 5.74) is 2.58. The molecule has 4 heterocycles. The van der Waals surface area contributed by atoms with Crippen LogP contribution in [0.1, 0.15) is 34.0 Å². The van der Waals surface area contributed by atoms with Gasteiger partial charge in [-0.05, 0) is 35.9 Å². The molecule has 8 heteroatoms. The minimum Gasteiger partial charge on any atom is -0.376 e. The first-order valence-electron chi connectivity index (χ1n) is 11.7. The van der Waals surface area contributed by atoms with Crippen LogP contribution in [-0.4, -0.2) is 38.2 Å². The zero-order valence-corrected chi connectivity index (χ0v) is 20.6. The van der Waals surface area contributed by atoms with Gasteiger partial charge in [0, 0.05) is 29.3 Å². The Morgan fingerprint density at radius 2 is 1.97 bits per heavy atom. The Hall–Kier alpha value is -3.20. The molecule has 0 unspecified atom stereocenters. The number of rotatable bonds is 8. The predicted octanol–water partition coefficient (Wildman–Crippen LogP) is 6.38. The third-order valence-electron chi connectivity index (χ3n) is 6.29. The van der Waals surface area contributed by atoms with E-state index >= 15 is 0 Å². The summed E-state index contributed by atoms with van der Waals surface area (Å²) >= 11 is 3.10. The van der Waals surface area contributed by atoms with Gasteiger partial charge in [-0.1, -0.05) is 66.4 Å². The first-order valence-corrected chi connectivity index (χ1v) is 13.4. The van der Waals surface area contributed by atoms with E-state index in [0.717, 1.165) is 51.8 Å². The molecule has 0 spiro atoms. The van der Waals surface area contributed by atoms with Crippen molar-refractivity contribution in [3.05, 3.63) is 89.4 Å². The minimum atomic E-state index is -0.459. The molecule has 0 radical (unpaired) electrons. The van der Waals surface area contributed by atoms with Gasteiger partial charge in [0.15, 0.2) is 16.8 Å². The number of thioether (sulfide) groups is 1. The number of fused-ring (bicyclic) bond motifs is 1. The van der Waals surface area contributed by atoms with Crippen molar-refractivity contribution in [2.24, 2.45) is 0 Å². The van der Waals surface area contributed by atoms with Gasteiger partial charge in [0.25, 0.3) is 0 Å². The number of hydrogen-bond donors (Lipinski definition) is 1. The second-order valence-corrected chi connectivity index (χ2v) is 10.6. The van der Waals surface area contributed by atoms with Crippen LogP contribution in [0.4, 0.5) is 0 Å². The number of H-pyrrole nitrogens is 1. The molecule has 176 valence electrons. The lowest BCUT2D eigenvalue weighted by atomic mass is 10.0. The van der Waals surface area contributed by atoms with Crippen molar-refractivity contribution in [2.75, 3.05) is 6.61 Å². The number of carbonyl (C=O) groups excluding carboxylic acids is 1. The standard InChI is InChI=1S/C27H24N4O2S2/c32-24(21-16-28-22-12-5-4-11-20(21)22)25(18-8-2-1-3-9-18)35-27-30-29-26(23-13-7-15-34-23)31(27)17-19-10-6-14-33-19/h1-5,7-9,11-13,15-16,19,25,28H,6,10,14,17H2/t19-,25-/m0/s1. The Kier molecular flexibility index (Phi) is 6.24. The normalized spacial score (nSPS) is 16.6. The number of nitrogens with zero attached hydrogens (tertiary/aromatic N) is 3. The first-order chi connectivity index (χ1) is 17.3. The molecule has 2 atom stereocenters. The van der Waals surface area contributed by atoms with Crippen LogP contribution in [0.2, 0.25) is 0 Å². The van der Waals surface area contributed by atoms with Crippen LogP contribution in [0.3, 0.4) is 0 Å². The summed E-state index contributed by atoms with van der Waals surface area (Å²) in [6.07, 6.45) is 4.03. The highest BCUT2D eigenvalue weighted by Crippen LogP contribution is 2.40. The van der Waals surface area contributed by atoms with Gasteiger partial charge in [0.05, 0.1) is 17.5 Å². The average molecular weight is 501 g/mol. The number of para-hydroxylation sites is 1. The van der Waals surface area contributed by atoms with Gasteiger partial charge in [0.2, 0.25) is 0 Å². The van der Waals surface area contributed by atoms with Gasteiger partial charge in [-0.25, -0.2) is 0 Å². The zero-order valence-electron chi connectivity index (χ0n) is 19.0. The monoisotopic (exact) mass is 500 g/mol. The van der Waals surface area contributed by atoms with Crippen molar-refractivity contribution < 1.29 is 9.53 Å². The van der Waals surface area contributed by atoms with Crippen LogP contribution < -0.4 is 0 Å². The van der Waals surface area contributed by atoms with E-state index < -0.39 is 5.25 Å². The Morgan fingerprint density at radius 3 is 2.77 bits per heavy atom. The maximum absolute atomic E-state index is 14.0. The summed E-state index contributed by atoms with van der Waals surface area (Å²) < 4.78 is 8.07. The van der Waals surface area contributed by atoms with Crippen molar-refractivity contribution in [1.29, 1.82) is 0 Å². The predicted molar refractivity (Wildman–Crippen MR) is 140 cm³/mol. The molecule has 1 saturated heterocycles. The number of carbonyl (C=O) groups is 1. The van der Waals surface area contributed by atoms with Gasteiger partial charge in [-0.15, -0.1) is 21.5 Å². The van der Waals surface area contributed by atoms with Crippen LogP contribution in [0.25, 0.3) is 21.6 Å². The Balaban J connectivity index is 1.40. The van der Waals surface area contributed by atoms with Crippen molar-refractivity contribution in [1.82, 2.24) is 19.7 Å². The molecule has 0 bridgehead atoms. The highest BCUT2D eigenvalue weighted by atomic mass is 32.2. The molecule has 1 aliphatic rings. The topological polar surface area (TPSA) is 72.8 Å². The molecule has 1 aliphatic heterocycles. The number of ether oxygens (including phenoxy) is 1. The van der Waals surface area contributed by atoms with E-state index in [1.807, 2.05) is 72.2 Å². The van der Waals surface area contributed by atoms with Crippen molar-refractivity contribution >= 4 is 39.8 Å². The molecule has 3 aromatic heterocycles. The molecule has 5 aromatic rings. The van der Waals surface area contributed by atoms with E-state index in [9.17, 15) is 4.79 Å². The summed E-state index contributed by atoms with van der Waals surface area (Å²) in [5.74, 6) is 0.868. The minimum absolute atomic E-state index is 0.0444. The van der Waals surface area contributed by atoms with Crippen LogP contribution in [0.5, 0.6) is 0 Å². The van der Waals surface area contributed by atoms with E-state index in [-0.39, 0.29) is 11.9 Å². The van der Waals surface area contributed by atoms with Gasteiger partial charge in [-0.2, -0.15) is 0 Å². The van der Waals surface area contributed by atoms with E-state index in [4.69, 9.17) is 4.74 Å². The Labute approximate surface area is 211 Å². The lowest BCUT2D eigenvalue weighted by Gasteiger charge is -2.18. The molecular formula is C27H24N4O2S2. The van der Waals surface area contributed by atoms with Gasteiger partial charge in [-0.3, -0.25) is 9.36 Å². The van der Waals surface area contributed by atoms with Crippen molar-refractivity contribution in [3.63, 3.8) is 0 Å². The molecule has 6 nitrogen and oxygen atoms in total. The third kappa shape index (κ3) is 4.45. The molecule has 1 N–H and O–H groups in total. The first kappa shape index (κ1) is 22.3. The maximum Gasteiger partial charge on any atom is 0.192 e. The molecule has 2 aromatic carbocycles. The van der Waals surface area contributed by atoms with Gasteiger partial charge >= 0.3 is 0 Å². The molecule has 35 heavy (non-hydrogen) atoms.